The fourth-order valence-electron chi connectivity index (χ4n) is 2.41. The van der Waals surface area contributed by atoms with Crippen LogP contribution in [0.4, 0.5) is 8.78 Å². The van der Waals surface area contributed by atoms with Crippen molar-refractivity contribution in [3.05, 3.63) is 35.4 Å². The Hall–Kier alpha value is -1.49. The number of piperidine rings is 1. The van der Waals surface area contributed by atoms with Gasteiger partial charge in [0.2, 0.25) is 0 Å². The van der Waals surface area contributed by atoms with Crippen molar-refractivity contribution in [3.63, 3.8) is 0 Å². The lowest BCUT2D eigenvalue weighted by molar-refractivity contribution is 0.0701. The van der Waals surface area contributed by atoms with E-state index < -0.39 is 11.6 Å². The molecule has 1 saturated heterocycles. The maximum Gasteiger partial charge on any atom is 0.256 e. The van der Waals surface area contributed by atoms with Gasteiger partial charge in [-0.2, -0.15) is 0 Å². The Labute approximate surface area is 111 Å². The third-order valence-electron chi connectivity index (χ3n) is 3.44. The maximum absolute atomic E-state index is 13.6. The summed E-state index contributed by atoms with van der Waals surface area (Å²) in [5.41, 5.74) is -0.0525. The SMILES string of the molecule is CCNC1CCN(C(=O)c2ccc(F)cc2F)CC1. The monoisotopic (exact) mass is 268 g/mol. The molecule has 1 fully saturated rings. The second kappa shape index (κ2) is 6.10. The molecule has 0 bridgehead atoms. The van der Waals surface area contributed by atoms with Crippen molar-refractivity contribution >= 4 is 5.91 Å². The van der Waals surface area contributed by atoms with Crippen molar-refractivity contribution < 1.29 is 13.6 Å². The molecule has 1 heterocycles. The van der Waals surface area contributed by atoms with Gasteiger partial charge in [-0.25, -0.2) is 8.78 Å². The smallest absolute Gasteiger partial charge is 0.256 e. The number of rotatable bonds is 3. The molecule has 1 aliphatic rings. The van der Waals surface area contributed by atoms with E-state index in [9.17, 15) is 13.6 Å². The van der Waals surface area contributed by atoms with Crippen LogP contribution in [0, 0.1) is 11.6 Å². The van der Waals surface area contributed by atoms with E-state index in [0.717, 1.165) is 31.5 Å². The first-order valence-electron chi connectivity index (χ1n) is 6.59. The lowest BCUT2D eigenvalue weighted by Gasteiger charge is -2.32. The zero-order valence-electron chi connectivity index (χ0n) is 11.0. The lowest BCUT2D eigenvalue weighted by atomic mass is 10.0. The number of likely N-dealkylation sites (tertiary alicyclic amines) is 1. The molecule has 1 aliphatic heterocycles. The van der Waals surface area contributed by atoms with Crippen LogP contribution in [-0.4, -0.2) is 36.5 Å². The van der Waals surface area contributed by atoms with Crippen LogP contribution >= 0.6 is 0 Å². The molecule has 3 nitrogen and oxygen atoms in total. The summed E-state index contributed by atoms with van der Waals surface area (Å²) in [6.45, 7) is 4.16. The largest absolute Gasteiger partial charge is 0.338 e. The quantitative estimate of drug-likeness (QED) is 0.911. The Morgan fingerprint density at radius 3 is 2.63 bits per heavy atom. The van der Waals surface area contributed by atoms with Gasteiger partial charge < -0.3 is 10.2 Å². The molecule has 5 heteroatoms. The van der Waals surface area contributed by atoms with Crippen molar-refractivity contribution in [2.75, 3.05) is 19.6 Å². The fourth-order valence-corrected chi connectivity index (χ4v) is 2.41. The molecule has 1 aromatic rings. The van der Waals surface area contributed by atoms with E-state index in [2.05, 4.69) is 5.32 Å². The molecule has 0 saturated carbocycles. The summed E-state index contributed by atoms with van der Waals surface area (Å²) < 4.78 is 26.4. The van der Waals surface area contributed by atoms with Gasteiger partial charge >= 0.3 is 0 Å². The van der Waals surface area contributed by atoms with Crippen LogP contribution in [0.1, 0.15) is 30.1 Å². The van der Waals surface area contributed by atoms with Crippen LogP contribution in [0.3, 0.4) is 0 Å². The Morgan fingerprint density at radius 1 is 1.37 bits per heavy atom. The van der Waals surface area contributed by atoms with Crippen LogP contribution in [0.5, 0.6) is 0 Å². The molecule has 1 N–H and O–H groups in total. The highest BCUT2D eigenvalue weighted by Gasteiger charge is 2.24. The van der Waals surface area contributed by atoms with Gasteiger partial charge in [0.05, 0.1) is 5.56 Å². The van der Waals surface area contributed by atoms with Gasteiger partial charge in [-0.05, 0) is 31.5 Å². The normalized spacial score (nSPS) is 16.7. The minimum absolute atomic E-state index is 0.0525. The van der Waals surface area contributed by atoms with Gasteiger partial charge in [-0.15, -0.1) is 0 Å². The van der Waals surface area contributed by atoms with E-state index in [0.29, 0.717) is 19.1 Å². The molecule has 0 atom stereocenters. The Morgan fingerprint density at radius 2 is 2.05 bits per heavy atom. The van der Waals surface area contributed by atoms with Crippen molar-refractivity contribution in [1.29, 1.82) is 0 Å². The standard InChI is InChI=1S/C14H18F2N2O/c1-2-17-11-5-7-18(8-6-11)14(19)12-4-3-10(15)9-13(12)16/h3-4,9,11,17H,2,5-8H2,1H3. The molecule has 2 rings (SSSR count). The number of carbonyl (C=O) groups is 1. The Kier molecular flexibility index (Phi) is 4.47. The summed E-state index contributed by atoms with van der Waals surface area (Å²) in [4.78, 5) is 13.8. The van der Waals surface area contributed by atoms with Crippen molar-refractivity contribution in [2.45, 2.75) is 25.8 Å². The third kappa shape index (κ3) is 3.29. The number of nitrogens with one attached hydrogen (secondary N) is 1. The molecule has 19 heavy (non-hydrogen) atoms. The number of halogens is 2. The van der Waals surface area contributed by atoms with Gasteiger partial charge in [-0.1, -0.05) is 6.92 Å². The molecule has 0 aliphatic carbocycles. The summed E-state index contributed by atoms with van der Waals surface area (Å²) in [5, 5.41) is 3.34. The van der Waals surface area contributed by atoms with E-state index in [1.54, 1.807) is 4.90 Å². The van der Waals surface area contributed by atoms with Crippen LogP contribution < -0.4 is 5.32 Å². The molecular formula is C14H18F2N2O. The number of benzene rings is 1. The van der Waals surface area contributed by atoms with Crippen LogP contribution in [-0.2, 0) is 0 Å². The molecule has 1 amide bonds. The number of hydrogen-bond acceptors (Lipinski definition) is 2. The van der Waals surface area contributed by atoms with Gasteiger partial charge in [0.1, 0.15) is 11.6 Å². The number of nitrogens with zero attached hydrogens (tertiary/aromatic N) is 1. The first kappa shape index (κ1) is 13.9. The zero-order valence-corrected chi connectivity index (χ0v) is 11.0. The molecule has 0 unspecified atom stereocenters. The average molecular weight is 268 g/mol. The molecule has 104 valence electrons. The van der Waals surface area contributed by atoms with Crippen LogP contribution in [0.15, 0.2) is 18.2 Å². The van der Waals surface area contributed by atoms with E-state index in [1.807, 2.05) is 6.92 Å². The van der Waals surface area contributed by atoms with Gasteiger partial charge in [0.25, 0.3) is 5.91 Å². The highest BCUT2D eigenvalue weighted by Crippen LogP contribution is 2.16. The number of carbonyl (C=O) groups excluding carboxylic acids is 1. The first-order chi connectivity index (χ1) is 9.11. The topological polar surface area (TPSA) is 32.3 Å². The lowest BCUT2D eigenvalue weighted by Crippen LogP contribution is -2.45. The van der Waals surface area contributed by atoms with Crippen molar-refractivity contribution in [3.8, 4) is 0 Å². The minimum atomic E-state index is -0.793. The molecule has 0 radical (unpaired) electrons. The highest BCUT2D eigenvalue weighted by molar-refractivity contribution is 5.94. The van der Waals surface area contributed by atoms with Crippen LogP contribution in [0.2, 0.25) is 0 Å². The van der Waals surface area contributed by atoms with E-state index in [-0.39, 0.29) is 11.5 Å². The van der Waals surface area contributed by atoms with Gasteiger partial charge in [0.15, 0.2) is 0 Å². The number of hydrogen-bond donors (Lipinski definition) is 1. The summed E-state index contributed by atoms with van der Waals surface area (Å²) in [6, 6.07) is 3.50. The van der Waals surface area contributed by atoms with E-state index >= 15 is 0 Å². The van der Waals surface area contributed by atoms with E-state index in [1.165, 1.54) is 6.07 Å². The molecular weight excluding hydrogens is 250 g/mol. The third-order valence-corrected chi connectivity index (χ3v) is 3.44. The highest BCUT2D eigenvalue weighted by atomic mass is 19.1. The summed E-state index contributed by atoms with van der Waals surface area (Å²) in [7, 11) is 0. The number of amides is 1. The minimum Gasteiger partial charge on any atom is -0.338 e. The second-order valence-electron chi connectivity index (χ2n) is 4.75. The van der Waals surface area contributed by atoms with Crippen molar-refractivity contribution in [2.24, 2.45) is 0 Å². The molecule has 0 aromatic heterocycles. The predicted molar refractivity (Wildman–Crippen MR) is 69.0 cm³/mol. The van der Waals surface area contributed by atoms with Crippen molar-refractivity contribution in [1.82, 2.24) is 10.2 Å². The molecule has 1 aromatic carbocycles. The second-order valence-corrected chi connectivity index (χ2v) is 4.75. The first-order valence-corrected chi connectivity index (χ1v) is 6.59. The van der Waals surface area contributed by atoms with Crippen LogP contribution in [0.25, 0.3) is 0 Å². The van der Waals surface area contributed by atoms with Gasteiger partial charge in [0, 0.05) is 25.2 Å². The molecule has 0 spiro atoms. The van der Waals surface area contributed by atoms with Gasteiger partial charge in [-0.3, -0.25) is 4.79 Å². The summed E-state index contributed by atoms with van der Waals surface area (Å²) >= 11 is 0. The fraction of sp³-hybridized carbons (Fsp3) is 0.500. The average Bonchev–Trinajstić information content (AvgIpc) is 2.39. The predicted octanol–water partition coefficient (Wildman–Crippen LogP) is 2.18. The van der Waals surface area contributed by atoms with E-state index in [4.69, 9.17) is 0 Å². The zero-order chi connectivity index (χ0) is 13.8. The summed E-state index contributed by atoms with van der Waals surface area (Å²) in [5.74, 6) is -1.81. The Balaban J connectivity index is 2.01. The maximum atomic E-state index is 13.6. The Bertz CT molecular complexity index is 457. The summed E-state index contributed by atoms with van der Waals surface area (Å²) in [6.07, 6.45) is 1.73.